The second-order valence-corrected chi connectivity index (χ2v) is 4.84. The number of hydrogen-bond donors (Lipinski definition) is 1. The zero-order valence-corrected chi connectivity index (χ0v) is 12.4. The van der Waals surface area contributed by atoms with Crippen molar-refractivity contribution in [1.29, 1.82) is 5.26 Å². The van der Waals surface area contributed by atoms with Gasteiger partial charge >= 0.3 is 0 Å². The summed E-state index contributed by atoms with van der Waals surface area (Å²) in [6.07, 6.45) is 0. The number of nitrogens with one attached hydrogen (secondary N) is 1. The average molecular weight is 296 g/mol. The van der Waals surface area contributed by atoms with Crippen LogP contribution >= 0.6 is 11.6 Å². The highest BCUT2D eigenvalue weighted by atomic mass is 35.5. The van der Waals surface area contributed by atoms with Gasteiger partial charge in [0.05, 0.1) is 24.8 Å². The summed E-state index contributed by atoms with van der Waals surface area (Å²) < 4.78 is 4.86. The van der Waals surface area contributed by atoms with Gasteiger partial charge in [0.25, 0.3) is 0 Å². The Morgan fingerprint density at radius 1 is 1.55 bits per heavy atom. The van der Waals surface area contributed by atoms with Gasteiger partial charge in [0.1, 0.15) is 0 Å². The monoisotopic (exact) mass is 295 g/mol. The highest BCUT2D eigenvalue weighted by Gasteiger charge is 2.09. The fourth-order valence-electron chi connectivity index (χ4n) is 1.69. The number of carbonyl (C=O) groups is 1. The van der Waals surface area contributed by atoms with Gasteiger partial charge in [-0.1, -0.05) is 17.7 Å². The summed E-state index contributed by atoms with van der Waals surface area (Å²) in [5.74, 6) is -0.0608. The van der Waals surface area contributed by atoms with Crippen molar-refractivity contribution in [3.63, 3.8) is 0 Å². The average Bonchev–Trinajstić information content (AvgIpc) is 2.41. The van der Waals surface area contributed by atoms with Gasteiger partial charge in [-0.3, -0.25) is 9.69 Å². The number of benzene rings is 1. The zero-order chi connectivity index (χ0) is 15.0. The first kappa shape index (κ1) is 16.4. The van der Waals surface area contributed by atoms with E-state index in [4.69, 9.17) is 21.6 Å². The van der Waals surface area contributed by atoms with Crippen LogP contribution in [-0.4, -0.2) is 44.7 Å². The summed E-state index contributed by atoms with van der Waals surface area (Å²) in [4.78, 5) is 13.5. The Balaban J connectivity index is 2.48. The Kier molecular flexibility index (Phi) is 7.02. The predicted octanol–water partition coefficient (Wildman–Crippen LogP) is 1.41. The van der Waals surface area contributed by atoms with Crippen LogP contribution in [0.25, 0.3) is 0 Å². The summed E-state index contributed by atoms with van der Waals surface area (Å²) >= 11 is 6.10. The molecule has 0 aliphatic rings. The molecule has 1 aromatic carbocycles. The molecule has 108 valence electrons. The van der Waals surface area contributed by atoms with E-state index in [1.165, 1.54) is 0 Å². The lowest BCUT2D eigenvalue weighted by Crippen LogP contribution is -2.36. The minimum Gasteiger partial charge on any atom is -0.383 e. The van der Waals surface area contributed by atoms with Gasteiger partial charge < -0.3 is 10.1 Å². The van der Waals surface area contributed by atoms with Crippen molar-refractivity contribution >= 4 is 17.5 Å². The molecule has 6 heteroatoms. The van der Waals surface area contributed by atoms with Gasteiger partial charge in [-0.2, -0.15) is 5.26 Å². The molecule has 0 saturated carbocycles. The lowest BCUT2D eigenvalue weighted by Gasteiger charge is -2.17. The van der Waals surface area contributed by atoms with Crippen LogP contribution in [0, 0.1) is 11.3 Å². The van der Waals surface area contributed by atoms with E-state index in [0.29, 0.717) is 30.3 Å². The Labute approximate surface area is 124 Å². The molecule has 0 spiro atoms. The standard InChI is InChI=1S/C14H18ClN3O2/c1-18(10-14(19)17-5-6-20-2)9-12-4-3-11(8-16)7-13(12)15/h3-4,7H,5-6,9-10H2,1-2H3,(H,17,19). The number of ether oxygens (including phenoxy) is 1. The van der Waals surface area contributed by atoms with Gasteiger partial charge in [0.2, 0.25) is 5.91 Å². The van der Waals surface area contributed by atoms with E-state index in [9.17, 15) is 4.79 Å². The van der Waals surface area contributed by atoms with Gasteiger partial charge in [-0.05, 0) is 24.7 Å². The molecule has 0 unspecified atom stereocenters. The lowest BCUT2D eigenvalue weighted by molar-refractivity contribution is -0.122. The maximum atomic E-state index is 11.6. The highest BCUT2D eigenvalue weighted by Crippen LogP contribution is 2.18. The molecular formula is C14H18ClN3O2. The number of nitrogens with zero attached hydrogens (tertiary/aromatic N) is 2. The van der Waals surface area contributed by atoms with E-state index >= 15 is 0 Å². The topological polar surface area (TPSA) is 65.4 Å². The third kappa shape index (κ3) is 5.57. The van der Waals surface area contributed by atoms with Crippen LogP contribution in [0.15, 0.2) is 18.2 Å². The Morgan fingerprint density at radius 3 is 2.90 bits per heavy atom. The molecule has 20 heavy (non-hydrogen) atoms. The van der Waals surface area contributed by atoms with E-state index in [1.807, 2.05) is 18.0 Å². The molecule has 0 bridgehead atoms. The highest BCUT2D eigenvalue weighted by molar-refractivity contribution is 6.31. The van der Waals surface area contributed by atoms with E-state index in [2.05, 4.69) is 5.32 Å². The summed E-state index contributed by atoms with van der Waals surface area (Å²) in [6.45, 7) is 1.82. The van der Waals surface area contributed by atoms with Crippen LogP contribution in [0.2, 0.25) is 5.02 Å². The third-order valence-electron chi connectivity index (χ3n) is 2.66. The van der Waals surface area contributed by atoms with Gasteiger partial charge in [0, 0.05) is 25.2 Å². The fourth-order valence-corrected chi connectivity index (χ4v) is 1.93. The lowest BCUT2D eigenvalue weighted by atomic mass is 10.1. The second-order valence-electron chi connectivity index (χ2n) is 4.43. The molecule has 0 fully saturated rings. The van der Waals surface area contributed by atoms with Crippen LogP contribution in [0.3, 0.4) is 0 Å². The van der Waals surface area contributed by atoms with Crippen LogP contribution in [0.4, 0.5) is 0 Å². The summed E-state index contributed by atoms with van der Waals surface area (Å²) in [5.41, 5.74) is 1.41. The molecule has 0 atom stereocenters. The van der Waals surface area contributed by atoms with E-state index in [1.54, 1.807) is 25.3 Å². The fraction of sp³-hybridized carbons (Fsp3) is 0.429. The Bertz CT molecular complexity index is 500. The smallest absolute Gasteiger partial charge is 0.234 e. The van der Waals surface area contributed by atoms with Gasteiger partial charge in [0.15, 0.2) is 0 Å². The van der Waals surface area contributed by atoms with Gasteiger partial charge in [-0.25, -0.2) is 0 Å². The summed E-state index contributed by atoms with van der Waals surface area (Å²) in [7, 11) is 3.43. The third-order valence-corrected chi connectivity index (χ3v) is 3.02. The molecule has 0 saturated heterocycles. The SMILES string of the molecule is COCCNC(=O)CN(C)Cc1ccc(C#N)cc1Cl. The van der Waals surface area contributed by atoms with Crippen LogP contribution in [0.5, 0.6) is 0 Å². The number of amides is 1. The molecule has 1 N–H and O–H groups in total. The van der Waals surface area contributed by atoms with Crippen LogP contribution in [-0.2, 0) is 16.1 Å². The number of halogens is 1. The first-order valence-corrected chi connectivity index (χ1v) is 6.57. The molecular weight excluding hydrogens is 278 g/mol. The maximum absolute atomic E-state index is 11.6. The van der Waals surface area contributed by atoms with Crippen molar-refractivity contribution in [3.8, 4) is 6.07 Å². The number of carbonyl (C=O) groups excluding carboxylic acids is 1. The zero-order valence-electron chi connectivity index (χ0n) is 11.6. The summed E-state index contributed by atoms with van der Waals surface area (Å²) in [5, 5.41) is 12.1. The number of hydrogen-bond acceptors (Lipinski definition) is 4. The van der Waals surface area contributed by atoms with E-state index in [0.717, 1.165) is 5.56 Å². The second kappa shape index (κ2) is 8.54. The normalized spacial score (nSPS) is 10.3. The predicted molar refractivity (Wildman–Crippen MR) is 77.4 cm³/mol. The van der Waals surface area contributed by atoms with Crippen LogP contribution in [0.1, 0.15) is 11.1 Å². The first-order chi connectivity index (χ1) is 9.56. The molecule has 0 heterocycles. The minimum atomic E-state index is -0.0608. The molecule has 0 aliphatic heterocycles. The molecule has 1 rings (SSSR count). The number of methoxy groups -OCH3 is 1. The van der Waals surface area contributed by atoms with E-state index < -0.39 is 0 Å². The minimum absolute atomic E-state index is 0.0608. The number of nitriles is 1. The van der Waals surface area contributed by atoms with Crippen molar-refractivity contribution < 1.29 is 9.53 Å². The summed E-state index contributed by atoms with van der Waals surface area (Å²) in [6, 6.07) is 7.19. The largest absolute Gasteiger partial charge is 0.383 e. The Hall–Kier alpha value is -1.61. The van der Waals surface area contributed by atoms with E-state index in [-0.39, 0.29) is 12.5 Å². The van der Waals surface area contributed by atoms with Crippen molar-refractivity contribution in [2.24, 2.45) is 0 Å². The molecule has 0 aliphatic carbocycles. The number of likely N-dealkylation sites (N-methyl/N-ethyl adjacent to an activating group) is 1. The van der Waals surface area contributed by atoms with Crippen molar-refractivity contribution in [2.45, 2.75) is 6.54 Å². The van der Waals surface area contributed by atoms with Crippen molar-refractivity contribution in [1.82, 2.24) is 10.2 Å². The molecule has 0 aromatic heterocycles. The quantitative estimate of drug-likeness (QED) is 0.772. The maximum Gasteiger partial charge on any atom is 0.234 e. The number of rotatable bonds is 7. The molecule has 5 nitrogen and oxygen atoms in total. The molecule has 0 radical (unpaired) electrons. The van der Waals surface area contributed by atoms with Gasteiger partial charge in [-0.15, -0.1) is 0 Å². The van der Waals surface area contributed by atoms with Crippen molar-refractivity contribution in [3.05, 3.63) is 34.3 Å². The molecule has 1 aromatic rings. The molecule has 1 amide bonds. The van der Waals surface area contributed by atoms with Crippen molar-refractivity contribution in [2.75, 3.05) is 33.9 Å². The Morgan fingerprint density at radius 2 is 2.30 bits per heavy atom. The first-order valence-electron chi connectivity index (χ1n) is 6.19. The van der Waals surface area contributed by atoms with Crippen LogP contribution < -0.4 is 5.32 Å².